The molecule has 1 heterocycles. The van der Waals surface area contributed by atoms with Crippen LogP contribution < -0.4 is 10.6 Å². The molecule has 0 bridgehead atoms. The van der Waals surface area contributed by atoms with E-state index in [1.54, 1.807) is 0 Å². The van der Waals surface area contributed by atoms with Crippen molar-refractivity contribution in [2.45, 2.75) is 38.0 Å². The number of hydrogen-bond donors (Lipinski definition) is 2. The standard InChI is InChI=1S/C17H22N4O2S2/c1-4-12(5-2)15(23)19-16-20-21-17(25-16)24-10-14(22)18-13-8-6-7-11(3)9-13/h6-9,12H,4-5,10H2,1-3H3,(H,18,22)(H,19,20,23). The minimum absolute atomic E-state index is 0.0138. The van der Waals surface area contributed by atoms with Gasteiger partial charge in [-0.25, -0.2) is 0 Å². The first kappa shape index (κ1) is 19.4. The zero-order valence-corrected chi connectivity index (χ0v) is 16.2. The second-order valence-electron chi connectivity index (χ2n) is 5.58. The van der Waals surface area contributed by atoms with Crippen LogP contribution in [0.2, 0.25) is 0 Å². The summed E-state index contributed by atoms with van der Waals surface area (Å²) < 4.78 is 0.652. The molecule has 8 heteroatoms. The summed E-state index contributed by atoms with van der Waals surface area (Å²) in [7, 11) is 0. The third kappa shape index (κ3) is 6.13. The van der Waals surface area contributed by atoms with Gasteiger partial charge in [0.15, 0.2) is 4.34 Å². The van der Waals surface area contributed by atoms with Gasteiger partial charge >= 0.3 is 0 Å². The van der Waals surface area contributed by atoms with Gasteiger partial charge in [-0.1, -0.05) is 49.1 Å². The molecule has 0 atom stereocenters. The molecule has 6 nitrogen and oxygen atoms in total. The number of rotatable bonds is 8. The van der Waals surface area contributed by atoms with Crippen molar-refractivity contribution in [1.29, 1.82) is 0 Å². The number of aryl methyl sites for hydroxylation is 1. The van der Waals surface area contributed by atoms with Crippen molar-refractivity contribution < 1.29 is 9.59 Å². The van der Waals surface area contributed by atoms with Crippen molar-refractivity contribution in [1.82, 2.24) is 10.2 Å². The summed E-state index contributed by atoms with van der Waals surface area (Å²) in [5.74, 6) is 0.0895. The van der Waals surface area contributed by atoms with E-state index in [2.05, 4.69) is 20.8 Å². The lowest BCUT2D eigenvalue weighted by Crippen LogP contribution is -2.21. The summed E-state index contributed by atoms with van der Waals surface area (Å²) in [5.41, 5.74) is 1.87. The van der Waals surface area contributed by atoms with Gasteiger partial charge in [-0.15, -0.1) is 10.2 Å². The van der Waals surface area contributed by atoms with Crippen molar-refractivity contribution in [3.8, 4) is 0 Å². The normalized spacial score (nSPS) is 10.7. The van der Waals surface area contributed by atoms with Gasteiger partial charge in [-0.05, 0) is 37.5 Å². The average molecular weight is 379 g/mol. The highest BCUT2D eigenvalue weighted by Gasteiger charge is 2.16. The highest BCUT2D eigenvalue weighted by molar-refractivity contribution is 8.01. The van der Waals surface area contributed by atoms with E-state index >= 15 is 0 Å². The predicted molar refractivity (Wildman–Crippen MR) is 103 cm³/mol. The molecule has 2 amide bonds. The van der Waals surface area contributed by atoms with E-state index in [9.17, 15) is 9.59 Å². The molecular formula is C17H22N4O2S2. The molecule has 25 heavy (non-hydrogen) atoms. The van der Waals surface area contributed by atoms with Crippen molar-refractivity contribution in [2.75, 3.05) is 16.4 Å². The number of hydrogen-bond acceptors (Lipinski definition) is 6. The Kier molecular flexibility index (Phi) is 7.39. The highest BCUT2D eigenvalue weighted by Crippen LogP contribution is 2.26. The van der Waals surface area contributed by atoms with Crippen LogP contribution in [0.15, 0.2) is 28.6 Å². The Morgan fingerprint density at radius 3 is 2.64 bits per heavy atom. The number of benzene rings is 1. The van der Waals surface area contributed by atoms with Crippen molar-refractivity contribution >= 4 is 45.7 Å². The first-order valence-corrected chi connectivity index (χ1v) is 9.95. The minimum Gasteiger partial charge on any atom is -0.325 e. The number of carbonyl (C=O) groups excluding carboxylic acids is 2. The summed E-state index contributed by atoms with van der Waals surface area (Å²) in [6.45, 7) is 5.95. The fourth-order valence-corrected chi connectivity index (χ4v) is 3.79. The monoisotopic (exact) mass is 378 g/mol. The van der Waals surface area contributed by atoms with E-state index in [0.29, 0.717) is 9.47 Å². The van der Waals surface area contributed by atoms with E-state index in [4.69, 9.17) is 0 Å². The lowest BCUT2D eigenvalue weighted by molar-refractivity contribution is -0.120. The molecule has 0 saturated heterocycles. The number of carbonyl (C=O) groups is 2. The molecule has 134 valence electrons. The van der Waals surface area contributed by atoms with Crippen LogP contribution in [-0.2, 0) is 9.59 Å². The molecule has 0 fully saturated rings. The lowest BCUT2D eigenvalue weighted by atomic mass is 10.0. The molecule has 0 saturated carbocycles. The van der Waals surface area contributed by atoms with Gasteiger partial charge in [0, 0.05) is 11.6 Å². The van der Waals surface area contributed by atoms with Gasteiger partial charge in [0.05, 0.1) is 5.75 Å². The summed E-state index contributed by atoms with van der Waals surface area (Å²) in [4.78, 5) is 24.0. The van der Waals surface area contributed by atoms with Crippen LogP contribution >= 0.6 is 23.1 Å². The SMILES string of the molecule is CCC(CC)C(=O)Nc1nnc(SCC(=O)Nc2cccc(C)c2)s1. The predicted octanol–water partition coefficient (Wildman–Crippen LogP) is 3.95. The number of nitrogens with one attached hydrogen (secondary N) is 2. The van der Waals surface area contributed by atoms with Crippen molar-refractivity contribution in [3.63, 3.8) is 0 Å². The Bertz CT molecular complexity index is 729. The second kappa shape index (κ2) is 9.53. The van der Waals surface area contributed by atoms with Crippen LogP contribution in [0, 0.1) is 12.8 Å². The fourth-order valence-electron chi connectivity index (χ4n) is 2.23. The summed E-state index contributed by atoms with van der Waals surface area (Å²) in [6.07, 6.45) is 1.59. The minimum atomic E-state index is -0.103. The zero-order valence-electron chi connectivity index (χ0n) is 14.5. The number of aromatic nitrogens is 2. The smallest absolute Gasteiger partial charge is 0.234 e. The Labute approximate surface area is 155 Å². The molecular weight excluding hydrogens is 356 g/mol. The molecule has 1 aromatic carbocycles. The maximum absolute atomic E-state index is 12.0. The molecule has 0 radical (unpaired) electrons. The zero-order chi connectivity index (χ0) is 18.2. The number of anilines is 2. The molecule has 0 aliphatic rings. The largest absolute Gasteiger partial charge is 0.325 e. The molecule has 0 unspecified atom stereocenters. The third-order valence-electron chi connectivity index (χ3n) is 3.62. The Balaban J connectivity index is 1.82. The van der Waals surface area contributed by atoms with Gasteiger partial charge in [-0.2, -0.15) is 0 Å². The van der Waals surface area contributed by atoms with E-state index < -0.39 is 0 Å². The van der Waals surface area contributed by atoms with E-state index in [0.717, 1.165) is 24.1 Å². The quantitative estimate of drug-likeness (QED) is 0.537. The van der Waals surface area contributed by atoms with Crippen LogP contribution in [0.25, 0.3) is 0 Å². The Morgan fingerprint density at radius 2 is 1.96 bits per heavy atom. The number of nitrogens with zero attached hydrogens (tertiary/aromatic N) is 2. The van der Waals surface area contributed by atoms with Gasteiger partial charge < -0.3 is 10.6 Å². The Hall–Kier alpha value is -1.93. The summed E-state index contributed by atoms with van der Waals surface area (Å²) in [5, 5.41) is 14.1. The molecule has 1 aromatic heterocycles. The highest BCUT2D eigenvalue weighted by atomic mass is 32.2. The van der Waals surface area contributed by atoms with Gasteiger partial charge in [0.1, 0.15) is 0 Å². The van der Waals surface area contributed by atoms with Crippen LogP contribution in [0.5, 0.6) is 0 Å². The summed E-state index contributed by atoms with van der Waals surface area (Å²) >= 11 is 2.58. The molecule has 0 aliphatic carbocycles. The molecule has 0 spiro atoms. The van der Waals surface area contributed by atoms with Crippen molar-refractivity contribution in [3.05, 3.63) is 29.8 Å². The first-order chi connectivity index (χ1) is 12.0. The number of amides is 2. The van der Waals surface area contributed by atoms with Crippen LogP contribution in [0.4, 0.5) is 10.8 Å². The fraction of sp³-hybridized carbons (Fsp3) is 0.412. The van der Waals surface area contributed by atoms with E-state index in [1.807, 2.05) is 45.0 Å². The van der Waals surface area contributed by atoms with E-state index in [1.165, 1.54) is 23.1 Å². The second-order valence-corrected chi connectivity index (χ2v) is 7.78. The average Bonchev–Trinajstić information content (AvgIpc) is 3.01. The van der Waals surface area contributed by atoms with Crippen LogP contribution in [0.1, 0.15) is 32.3 Å². The van der Waals surface area contributed by atoms with Gasteiger partial charge in [0.2, 0.25) is 16.9 Å². The van der Waals surface area contributed by atoms with E-state index in [-0.39, 0.29) is 23.5 Å². The molecule has 2 N–H and O–H groups in total. The van der Waals surface area contributed by atoms with Gasteiger partial charge in [0.25, 0.3) is 0 Å². The Morgan fingerprint density at radius 1 is 1.20 bits per heavy atom. The summed E-state index contributed by atoms with van der Waals surface area (Å²) in [6, 6.07) is 7.64. The van der Waals surface area contributed by atoms with Crippen LogP contribution in [-0.4, -0.2) is 27.8 Å². The third-order valence-corrected chi connectivity index (χ3v) is 5.59. The van der Waals surface area contributed by atoms with Gasteiger partial charge in [-0.3, -0.25) is 9.59 Å². The number of thioether (sulfide) groups is 1. The van der Waals surface area contributed by atoms with Crippen molar-refractivity contribution in [2.24, 2.45) is 5.92 Å². The lowest BCUT2D eigenvalue weighted by Gasteiger charge is -2.09. The van der Waals surface area contributed by atoms with Crippen LogP contribution in [0.3, 0.4) is 0 Å². The maximum atomic E-state index is 12.0. The first-order valence-electron chi connectivity index (χ1n) is 8.15. The topological polar surface area (TPSA) is 84.0 Å². The molecule has 2 aromatic rings. The molecule has 2 rings (SSSR count). The molecule has 0 aliphatic heterocycles. The maximum Gasteiger partial charge on any atom is 0.234 e.